The highest BCUT2D eigenvalue weighted by molar-refractivity contribution is 5.90. The van der Waals surface area contributed by atoms with Crippen molar-refractivity contribution in [2.75, 3.05) is 19.8 Å². The van der Waals surface area contributed by atoms with Gasteiger partial charge in [0.05, 0.1) is 11.1 Å². The molecule has 6 nitrogen and oxygen atoms in total. The van der Waals surface area contributed by atoms with Crippen molar-refractivity contribution < 1.29 is 28.5 Å². The van der Waals surface area contributed by atoms with Crippen molar-refractivity contribution in [1.29, 1.82) is 0 Å². The maximum Gasteiger partial charge on any atom is 0.338 e. The zero-order valence-corrected chi connectivity index (χ0v) is 34.1. The Kier molecular flexibility index (Phi) is 18.6. The van der Waals surface area contributed by atoms with Crippen molar-refractivity contribution >= 4 is 11.9 Å². The summed E-state index contributed by atoms with van der Waals surface area (Å²) in [5.74, 6) is 3.50. The number of ether oxygens (including phenoxy) is 4. The maximum atomic E-state index is 13.2. The average molecular weight is 763 g/mol. The standard InChI is InChI=1S/C50H66O6/c1-3-5-8-14-39-20-24-41(25-21-39)16-12-36-53-46-32-28-44(29-33-46)49(51)55-38-48(43-18-10-7-11-19-43)56-50(52)45-30-34-47(35-31-45)54-37-13-17-42-26-22-40(23-27-42)15-9-6-4-2/h7,10-13,16-19,28-35,39-42,48H,3-6,8-9,14-15,20-27,36-38H2,1-2H3/t39-,40-,41-,42-,48-/m0/s1. The van der Waals surface area contributed by atoms with Crippen molar-refractivity contribution in [2.24, 2.45) is 23.7 Å². The Hall–Kier alpha value is -4.32. The van der Waals surface area contributed by atoms with Crippen LogP contribution in [0.5, 0.6) is 11.5 Å². The molecule has 2 aliphatic carbocycles. The van der Waals surface area contributed by atoms with Gasteiger partial charge in [0.15, 0.2) is 6.10 Å². The highest BCUT2D eigenvalue weighted by atomic mass is 16.6. The minimum Gasteiger partial charge on any atom is -0.490 e. The van der Waals surface area contributed by atoms with Crippen molar-refractivity contribution in [3.05, 3.63) is 120 Å². The third-order valence-electron chi connectivity index (χ3n) is 11.7. The molecule has 302 valence electrons. The van der Waals surface area contributed by atoms with E-state index in [-0.39, 0.29) is 6.61 Å². The van der Waals surface area contributed by atoms with Gasteiger partial charge in [-0.1, -0.05) is 120 Å². The maximum absolute atomic E-state index is 13.2. The predicted octanol–water partition coefficient (Wildman–Crippen LogP) is 13.1. The summed E-state index contributed by atoms with van der Waals surface area (Å²) in [6, 6.07) is 23.3. The molecule has 2 saturated carbocycles. The average Bonchev–Trinajstić information content (AvgIpc) is 3.24. The van der Waals surface area contributed by atoms with E-state index in [0.29, 0.717) is 47.7 Å². The third kappa shape index (κ3) is 15.0. The van der Waals surface area contributed by atoms with E-state index < -0.39 is 18.0 Å². The second-order valence-corrected chi connectivity index (χ2v) is 16.0. The Labute approximate surface area is 337 Å². The molecule has 0 N–H and O–H groups in total. The number of allylic oxidation sites excluding steroid dienone is 2. The summed E-state index contributed by atoms with van der Waals surface area (Å²) in [5.41, 5.74) is 1.53. The fraction of sp³-hybridized carbons (Fsp3) is 0.520. The number of benzene rings is 3. The van der Waals surface area contributed by atoms with E-state index in [1.165, 1.54) is 103 Å². The Morgan fingerprint density at radius 1 is 0.589 bits per heavy atom. The molecule has 0 saturated heterocycles. The van der Waals surface area contributed by atoms with Crippen molar-refractivity contribution in [2.45, 2.75) is 123 Å². The molecular formula is C50H66O6. The van der Waals surface area contributed by atoms with Crippen LogP contribution in [0.25, 0.3) is 0 Å². The molecule has 3 aromatic rings. The lowest BCUT2D eigenvalue weighted by molar-refractivity contribution is -0.00134. The second kappa shape index (κ2) is 24.3. The molecule has 2 fully saturated rings. The fourth-order valence-electron chi connectivity index (χ4n) is 8.16. The molecule has 0 unspecified atom stereocenters. The number of hydrogen-bond donors (Lipinski definition) is 0. The fourth-order valence-corrected chi connectivity index (χ4v) is 8.16. The number of esters is 2. The van der Waals surface area contributed by atoms with E-state index in [1.54, 1.807) is 48.5 Å². The molecule has 0 aliphatic heterocycles. The van der Waals surface area contributed by atoms with E-state index in [2.05, 4.69) is 38.2 Å². The first-order valence-electron chi connectivity index (χ1n) is 21.7. The Morgan fingerprint density at radius 3 is 1.52 bits per heavy atom. The molecule has 3 aromatic carbocycles. The second-order valence-electron chi connectivity index (χ2n) is 16.0. The van der Waals surface area contributed by atoms with Crippen LogP contribution < -0.4 is 9.47 Å². The van der Waals surface area contributed by atoms with Crippen molar-refractivity contribution in [1.82, 2.24) is 0 Å². The highest BCUT2D eigenvalue weighted by Crippen LogP contribution is 2.34. The number of carbonyl (C=O) groups excluding carboxylic acids is 2. The quantitative estimate of drug-likeness (QED) is 0.0577. The topological polar surface area (TPSA) is 71.1 Å². The number of rotatable bonds is 22. The van der Waals surface area contributed by atoms with Crippen LogP contribution in [0.15, 0.2) is 103 Å². The molecule has 0 aromatic heterocycles. The van der Waals surface area contributed by atoms with Gasteiger partial charge in [-0.2, -0.15) is 0 Å². The molecule has 56 heavy (non-hydrogen) atoms. The molecule has 6 heteroatoms. The Balaban J connectivity index is 1.02. The van der Waals surface area contributed by atoms with E-state index in [9.17, 15) is 9.59 Å². The lowest BCUT2D eigenvalue weighted by atomic mass is 9.79. The smallest absolute Gasteiger partial charge is 0.338 e. The number of unbranched alkanes of at least 4 members (excludes halogenated alkanes) is 4. The lowest BCUT2D eigenvalue weighted by Crippen LogP contribution is -2.19. The first-order valence-corrected chi connectivity index (χ1v) is 21.7. The molecule has 0 bridgehead atoms. The summed E-state index contributed by atoms with van der Waals surface area (Å²) in [4.78, 5) is 26.3. The van der Waals surface area contributed by atoms with Gasteiger partial charge in [0, 0.05) is 0 Å². The molecule has 0 heterocycles. The van der Waals surface area contributed by atoms with Crippen molar-refractivity contribution in [3.63, 3.8) is 0 Å². The van der Waals surface area contributed by atoms with Crippen LogP contribution in [0.1, 0.15) is 149 Å². The highest BCUT2D eigenvalue weighted by Gasteiger charge is 2.22. The van der Waals surface area contributed by atoms with Crippen molar-refractivity contribution in [3.8, 4) is 11.5 Å². The van der Waals surface area contributed by atoms with Gasteiger partial charge in [-0.15, -0.1) is 0 Å². The lowest BCUT2D eigenvalue weighted by Gasteiger charge is -2.26. The molecular weight excluding hydrogens is 697 g/mol. The summed E-state index contributed by atoms with van der Waals surface area (Å²) in [6.45, 7) is 5.42. The van der Waals surface area contributed by atoms with Gasteiger partial charge in [-0.3, -0.25) is 0 Å². The molecule has 5 rings (SSSR count). The molecule has 1 atom stereocenters. The van der Waals surface area contributed by atoms with Crippen LogP contribution in [-0.2, 0) is 9.47 Å². The minimum absolute atomic E-state index is 0.119. The largest absolute Gasteiger partial charge is 0.490 e. The van der Waals surface area contributed by atoms with Gasteiger partial charge in [0.1, 0.15) is 31.3 Å². The van der Waals surface area contributed by atoms with Gasteiger partial charge < -0.3 is 18.9 Å². The number of carbonyl (C=O) groups is 2. The molecule has 2 aliphatic rings. The van der Waals surface area contributed by atoms with Gasteiger partial charge in [-0.05, 0) is 129 Å². The van der Waals surface area contributed by atoms with E-state index in [0.717, 1.165) is 17.4 Å². The van der Waals surface area contributed by atoms with Crippen LogP contribution in [0.2, 0.25) is 0 Å². The molecule has 0 amide bonds. The third-order valence-corrected chi connectivity index (χ3v) is 11.7. The first-order chi connectivity index (χ1) is 27.5. The first kappa shape index (κ1) is 42.8. The summed E-state index contributed by atoms with van der Waals surface area (Å²) in [7, 11) is 0. The Morgan fingerprint density at radius 2 is 1.05 bits per heavy atom. The van der Waals surface area contributed by atoms with Crippen LogP contribution in [0.4, 0.5) is 0 Å². The van der Waals surface area contributed by atoms with Crippen LogP contribution >= 0.6 is 0 Å². The van der Waals surface area contributed by atoms with E-state index >= 15 is 0 Å². The zero-order valence-electron chi connectivity index (χ0n) is 34.1. The van der Waals surface area contributed by atoms with E-state index in [1.807, 2.05) is 30.3 Å². The van der Waals surface area contributed by atoms with Gasteiger partial charge >= 0.3 is 11.9 Å². The van der Waals surface area contributed by atoms with Crippen LogP contribution in [0, 0.1) is 23.7 Å². The van der Waals surface area contributed by atoms with E-state index in [4.69, 9.17) is 18.9 Å². The minimum atomic E-state index is -0.773. The zero-order chi connectivity index (χ0) is 39.2. The van der Waals surface area contributed by atoms with Gasteiger partial charge in [0.2, 0.25) is 0 Å². The van der Waals surface area contributed by atoms with Gasteiger partial charge in [-0.25, -0.2) is 9.59 Å². The summed E-state index contributed by atoms with van der Waals surface area (Å²) in [6.07, 6.45) is 29.4. The summed E-state index contributed by atoms with van der Waals surface area (Å²) < 4.78 is 23.4. The molecule has 0 radical (unpaired) electrons. The van der Waals surface area contributed by atoms with Crippen LogP contribution in [0.3, 0.4) is 0 Å². The monoisotopic (exact) mass is 762 g/mol. The van der Waals surface area contributed by atoms with Gasteiger partial charge in [0.25, 0.3) is 0 Å². The summed E-state index contributed by atoms with van der Waals surface area (Å²) >= 11 is 0. The summed E-state index contributed by atoms with van der Waals surface area (Å²) in [5, 5.41) is 0. The number of hydrogen-bond acceptors (Lipinski definition) is 6. The SMILES string of the molecule is CCCCC[C@H]1CC[C@H](C=CCOc2ccc(C(=O)OC[C@H](OC(=O)c3ccc(OCC=C[C@H]4CC[C@H](CCCCC)CC4)cc3)c3ccccc3)cc2)CC1. The Bertz CT molecular complexity index is 1600. The molecule has 0 spiro atoms. The normalized spacial score (nSPS) is 20.5. The van der Waals surface area contributed by atoms with Crippen LogP contribution in [-0.4, -0.2) is 31.8 Å². The predicted molar refractivity (Wildman–Crippen MR) is 226 cm³/mol.